The number of halogens is 2. The van der Waals surface area contributed by atoms with Crippen molar-refractivity contribution in [3.8, 4) is 23.0 Å². The molecule has 1 aliphatic rings. The number of esters is 1. The number of carbonyl (C=O) groups excluding carboxylic acids is 2. The fourth-order valence-corrected chi connectivity index (χ4v) is 4.76. The van der Waals surface area contributed by atoms with Crippen LogP contribution < -0.4 is 18.9 Å². The Balaban J connectivity index is 1.58. The van der Waals surface area contributed by atoms with Crippen LogP contribution in [0.5, 0.6) is 23.0 Å². The van der Waals surface area contributed by atoms with Crippen molar-refractivity contribution < 1.29 is 33.3 Å². The highest BCUT2D eigenvalue weighted by molar-refractivity contribution is 6.35. The maximum absolute atomic E-state index is 13.4. The third-order valence-electron chi connectivity index (χ3n) is 6.25. The molecular formula is C28H27Cl2NO7. The Morgan fingerprint density at radius 2 is 1.61 bits per heavy atom. The lowest BCUT2D eigenvalue weighted by atomic mass is 9.92. The van der Waals surface area contributed by atoms with E-state index in [2.05, 4.69) is 0 Å². The van der Waals surface area contributed by atoms with Gasteiger partial charge in [-0.1, -0.05) is 23.2 Å². The van der Waals surface area contributed by atoms with Gasteiger partial charge in [-0.2, -0.15) is 0 Å². The van der Waals surface area contributed by atoms with Gasteiger partial charge in [0.2, 0.25) is 0 Å². The third kappa shape index (κ3) is 6.09. The lowest BCUT2D eigenvalue weighted by Gasteiger charge is -2.37. The molecule has 200 valence electrons. The van der Waals surface area contributed by atoms with Gasteiger partial charge in [-0.3, -0.25) is 4.79 Å². The SMILES string of the molecule is COC(=O)c1ccc(OC[C@@H]2c3cc(OC)c(OC)cc3CCN2C(=O)COc2ccc(Cl)cc2Cl)cc1. The summed E-state index contributed by atoms with van der Waals surface area (Å²) in [4.78, 5) is 26.8. The summed E-state index contributed by atoms with van der Waals surface area (Å²) < 4.78 is 27.5. The Hall–Kier alpha value is -3.62. The number of fused-ring (bicyclic) bond motifs is 1. The average molecular weight is 560 g/mol. The lowest BCUT2D eigenvalue weighted by molar-refractivity contribution is -0.137. The van der Waals surface area contributed by atoms with E-state index in [1.165, 1.54) is 7.11 Å². The van der Waals surface area contributed by atoms with Crippen LogP contribution in [0.25, 0.3) is 0 Å². The van der Waals surface area contributed by atoms with Crippen LogP contribution in [0, 0.1) is 0 Å². The summed E-state index contributed by atoms with van der Waals surface area (Å²) in [6, 6.07) is 14.8. The number of hydrogen-bond acceptors (Lipinski definition) is 7. The second-order valence-corrected chi connectivity index (χ2v) is 9.29. The maximum Gasteiger partial charge on any atom is 0.337 e. The summed E-state index contributed by atoms with van der Waals surface area (Å²) in [6.07, 6.45) is 0.619. The van der Waals surface area contributed by atoms with E-state index >= 15 is 0 Å². The van der Waals surface area contributed by atoms with Gasteiger partial charge in [0, 0.05) is 11.6 Å². The Bertz CT molecular complexity index is 1310. The van der Waals surface area contributed by atoms with Gasteiger partial charge in [0.25, 0.3) is 5.91 Å². The van der Waals surface area contributed by atoms with E-state index < -0.39 is 12.0 Å². The van der Waals surface area contributed by atoms with Crippen molar-refractivity contribution >= 4 is 35.1 Å². The summed E-state index contributed by atoms with van der Waals surface area (Å²) >= 11 is 12.2. The molecule has 0 aromatic heterocycles. The fourth-order valence-electron chi connectivity index (χ4n) is 4.30. The minimum Gasteiger partial charge on any atom is -0.493 e. The van der Waals surface area contributed by atoms with Gasteiger partial charge in [0.15, 0.2) is 18.1 Å². The molecule has 4 rings (SSSR count). The van der Waals surface area contributed by atoms with Crippen LogP contribution in [0.2, 0.25) is 10.0 Å². The smallest absolute Gasteiger partial charge is 0.337 e. The standard InChI is InChI=1S/C28H27Cl2NO7/c1-34-25-12-18-10-11-31(27(32)16-38-24-9-6-19(29)13-22(24)30)23(21(18)14-26(25)35-2)15-37-20-7-4-17(5-8-20)28(33)36-3/h4-9,12-14,23H,10-11,15-16H2,1-3H3/t23-/m1/s1. The minimum atomic E-state index is -0.435. The van der Waals surface area contributed by atoms with Crippen molar-refractivity contribution in [1.29, 1.82) is 0 Å². The highest BCUT2D eigenvalue weighted by Crippen LogP contribution is 2.38. The fraction of sp³-hybridized carbons (Fsp3) is 0.286. The van der Waals surface area contributed by atoms with Crippen molar-refractivity contribution in [3.63, 3.8) is 0 Å². The number of methoxy groups -OCH3 is 3. The first kappa shape index (κ1) is 27.4. The molecule has 0 aliphatic carbocycles. The molecule has 3 aromatic rings. The zero-order valence-electron chi connectivity index (χ0n) is 21.2. The zero-order chi connectivity index (χ0) is 27.2. The molecule has 0 bridgehead atoms. The predicted molar refractivity (Wildman–Crippen MR) is 143 cm³/mol. The summed E-state index contributed by atoms with van der Waals surface area (Å²) in [5, 5.41) is 0.795. The van der Waals surface area contributed by atoms with Crippen LogP contribution in [0.4, 0.5) is 0 Å². The van der Waals surface area contributed by atoms with Gasteiger partial charge in [0.1, 0.15) is 18.1 Å². The number of amides is 1. The van der Waals surface area contributed by atoms with E-state index in [1.54, 1.807) is 61.6 Å². The van der Waals surface area contributed by atoms with E-state index in [0.717, 1.165) is 11.1 Å². The summed E-state index contributed by atoms with van der Waals surface area (Å²) in [5.41, 5.74) is 2.33. The number of carbonyl (C=O) groups is 2. The first-order valence-corrected chi connectivity index (χ1v) is 12.5. The van der Waals surface area contributed by atoms with Gasteiger partial charge < -0.3 is 28.6 Å². The van der Waals surface area contributed by atoms with E-state index in [0.29, 0.717) is 51.6 Å². The molecule has 0 fully saturated rings. The number of rotatable bonds is 9. The maximum atomic E-state index is 13.4. The normalized spacial score (nSPS) is 14.3. The van der Waals surface area contributed by atoms with E-state index in [-0.39, 0.29) is 19.1 Å². The Morgan fingerprint density at radius 1 is 0.895 bits per heavy atom. The van der Waals surface area contributed by atoms with Crippen molar-refractivity contribution in [1.82, 2.24) is 4.90 Å². The third-order valence-corrected chi connectivity index (χ3v) is 6.78. The Morgan fingerprint density at radius 3 is 2.26 bits per heavy atom. The molecule has 0 N–H and O–H groups in total. The van der Waals surface area contributed by atoms with Crippen molar-refractivity contribution in [3.05, 3.63) is 81.3 Å². The first-order chi connectivity index (χ1) is 18.3. The van der Waals surface area contributed by atoms with Gasteiger partial charge in [-0.25, -0.2) is 4.79 Å². The second-order valence-electron chi connectivity index (χ2n) is 8.45. The Kier molecular flexibility index (Phi) is 8.86. The van der Waals surface area contributed by atoms with Gasteiger partial charge >= 0.3 is 5.97 Å². The van der Waals surface area contributed by atoms with Gasteiger partial charge in [-0.05, 0) is 72.1 Å². The van der Waals surface area contributed by atoms with Crippen molar-refractivity contribution in [2.24, 2.45) is 0 Å². The van der Waals surface area contributed by atoms with Crippen LogP contribution in [-0.4, -0.2) is 57.9 Å². The lowest BCUT2D eigenvalue weighted by Crippen LogP contribution is -2.44. The molecule has 0 saturated carbocycles. The molecule has 0 spiro atoms. The zero-order valence-corrected chi connectivity index (χ0v) is 22.7. The van der Waals surface area contributed by atoms with Crippen molar-refractivity contribution in [2.45, 2.75) is 12.5 Å². The van der Waals surface area contributed by atoms with Crippen LogP contribution in [0.3, 0.4) is 0 Å². The molecule has 1 heterocycles. The van der Waals surface area contributed by atoms with E-state index in [1.807, 2.05) is 12.1 Å². The molecule has 38 heavy (non-hydrogen) atoms. The van der Waals surface area contributed by atoms with Crippen LogP contribution in [0.1, 0.15) is 27.5 Å². The Labute approximate surface area is 230 Å². The molecule has 3 aromatic carbocycles. The van der Waals surface area contributed by atoms with E-state index in [9.17, 15) is 9.59 Å². The molecule has 1 amide bonds. The summed E-state index contributed by atoms with van der Waals surface area (Å²) in [7, 11) is 4.47. The summed E-state index contributed by atoms with van der Waals surface area (Å²) in [6.45, 7) is 0.399. The predicted octanol–water partition coefficient (Wildman–Crippen LogP) is 5.38. The molecule has 1 aliphatic heterocycles. The van der Waals surface area contributed by atoms with Crippen LogP contribution >= 0.6 is 23.2 Å². The molecule has 0 unspecified atom stereocenters. The van der Waals surface area contributed by atoms with Crippen molar-refractivity contribution in [2.75, 3.05) is 41.1 Å². The first-order valence-electron chi connectivity index (χ1n) is 11.8. The van der Waals surface area contributed by atoms with Gasteiger partial charge in [0.05, 0.1) is 38.0 Å². The largest absolute Gasteiger partial charge is 0.493 e. The molecule has 8 nitrogen and oxygen atoms in total. The molecule has 1 atom stereocenters. The molecule has 0 radical (unpaired) electrons. The molecule has 10 heteroatoms. The monoisotopic (exact) mass is 559 g/mol. The topological polar surface area (TPSA) is 83.5 Å². The average Bonchev–Trinajstić information content (AvgIpc) is 2.94. The molecular weight excluding hydrogens is 533 g/mol. The van der Waals surface area contributed by atoms with Gasteiger partial charge in [-0.15, -0.1) is 0 Å². The quantitative estimate of drug-likeness (QED) is 0.325. The van der Waals surface area contributed by atoms with Crippen LogP contribution in [-0.2, 0) is 16.0 Å². The number of ether oxygens (including phenoxy) is 5. The number of nitrogens with zero attached hydrogens (tertiary/aromatic N) is 1. The minimum absolute atomic E-state index is 0.160. The van der Waals surface area contributed by atoms with E-state index in [4.69, 9.17) is 46.9 Å². The highest BCUT2D eigenvalue weighted by Gasteiger charge is 2.33. The number of hydrogen-bond donors (Lipinski definition) is 0. The number of benzene rings is 3. The highest BCUT2D eigenvalue weighted by atomic mass is 35.5. The molecule has 0 saturated heterocycles. The van der Waals surface area contributed by atoms with Crippen LogP contribution in [0.15, 0.2) is 54.6 Å². The summed E-state index contributed by atoms with van der Waals surface area (Å²) in [5.74, 6) is 1.41. The second kappa shape index (κ2) is 12.3.